The maximum Gasteiger partial charge on any atom is 0.158 e. The molecule has 0 atom stereocenters. The highest BCUT2D eigenvalue weighted by Crippen LogP contribution is 2.05. The molecular formula is C9H16O. The van der Waals surface area contributed by atoms with Crippen LogP contribution in [0.1, 0.15) is 40.0 Å². The summed E-state index contributed by atoms with van der Waals surface area (Å²) in [7, 11) is 0. The molecule has 0 unspecified atom stereocenters. The second kappa shape index (κ2) is 5.21. The molecule has 0 saturated carbocycles. The van der Waals surface area contributed by atoms with E-state index in [2.05, 4.69) is 6.92 Å². The molecule has 1 nitrogen and oxygen atoms in total. The third-order valence-corrected chi connectivity index (χ3v) is 1.51. The van der Waals surface area contributed by atoms with Crippen LogP contribution in [-0.4, -0.2) is 5.78 Å². The second-order valence-electron chi connectivity index (χ2n) is 2.27. The van der Waals surface area contributed by atoms with Crippen LogP contribution in [0.5, 0.6) is 0 Å². The highest BCUT2D eigenvalue weighted by molar-refractivity contribution is 5.94. The van der Waals surface area contributed by atoms with Crippen LogP contribution < -0.4 is 0 Å². The lowest BCUT2D eigenvalue weighted by Gasteiger charge is -1.98. The van der Waals surface area contributed by atoms with Gasteiger partial charge >= 0.3 is 0 Å². The van der Waals surface area contributed by atoms with Gasteiger partial charge in [-0.25, -0.2) is 0 Å². The first-order valence-electron chi connectivity index (χ1n) is 3.98. The van der Waals surface area contributed by atoms with Gasteiger partial charge < -0.3 is 0 Å². The second-order valence-corrected chi connectivity index (χ2v) is 2.27. The maximum absolute atomic E-state index is 11.1. The van der Waals surface area contributed by atoms with Crippen LogP contribution >= 0.6 is 0 Å². The third-order valence-electron chi connectivity index (χ3n) is 1.51. The van der Waals surface area contributed by atoms with Crippen molar-refractivity contribution in [2.45, 2.75) is 40.0 Å². The van der Waals surface area contributed by atoms with E-state index < -0.39 is 0 Å². The van der Waals surface area contributed by atoms with Gasteiger partial charge in [-0.3, -0.25) is 4.79 Å². The molecule has 0 aliphatic heterocycles. The highest BCUT2D eigenvalue weighted by atomic mass is 16.1. The van der Waals surface area contributed by atoms with Gasteiger partial charge in [0, 0.05) is 6.42 Å². The smallest absolute Gasteiger partial charge is 0.158 e. The summed E-state index contributed by atoms with van der Waals surface area (Å²) in [6, 6.07) is 0. The first kappa shape index (κ1) is 9.41. The van der Waals surface area contributed by atoms with Crippen LogP contribution in [0.2, 0.25) is 0 Å². The van der Waals surface area contributed by atoms with Crippen LogP contribution in [-0.2, 0) is 4.79 Å². The first-order valence-corrected chi connectivity index (χ1v) is 3.98. The van der Waals surface area contributed by atoms with Gasteiger partial charge in [-0.15, -0.1) is 0 Å². The van der Waals surface area contributed by atoms with Gasteiger partial charge in [0.15, 0.2) is 5.78 Å². The van der Waals surface area contributed by atoms with Gasteiger partial charge in [0.1, 0.15) is 0 Å². The summed E-state index contributed by atoms with van der Waals surface area (Å²) >= 11 is 0. The Kier molecular flexibility index (Phi) is 4.91. The molecule has 0 radical (unpaired) electrons. The predicted molar refractivity (Wildman–Crippen MR) is 44.0 cm³/mol. The number of carbonyl (C=O) groups excluding carboxylic acids is 1. The lowest BCUT2D eigenvalue weighted by atomic mass is 10.1. The topological polar surface area (TPSA) is 17.1 Å². The number of hydrogen-bond donors (Lipinski definition) is 0. The van der Waals surface area contributed by atoms with Crippen molar-refractivity contribution in [1.29, 1.82) is 0 Å². The van der Waals surface area contributed by atoms with E-state index in [1.807, 2.05) is 19.9 Å². The van der Waals surface area contributed by atoms with Crippen molar-refractivity contribution < 1.29 is 4.79 Å². The summed E-state index contributed by atoms with van der Waals surface area (Å²) in [5.41, 5.74) is 0.991. The molecule has 0 aromatic carbocycles. The Hall–Kier alpha value is -0.590. The van der Waals surface area contributed by atoms with Gasteiger partial charge in [0.05, 0.1) is 0 Å². The quantitative estimate of drug-likeness (QED) is 0.549. The zero-order valence-electron chi connectivity index (χ0n) is 7.11. The minimum absolute atomic E-state index is 0.296. The summed E-state index contributed by atoms with van der Waals surface area (Å²) in [6.07, 6.45) is 4.50. The van der Waals surface area contributed by atoms with Crippen LogP contribution in [0, 0.1) is 0 Å². The summed E-state index contributed by atoms with van der Waals surface area (Å²) in [5, 5.41) is 0. The van der Waals surface area contributed by atoms with Crippen molar-refractivity contribution in [2.24, 2.45) is 0 Å². The molecule has 0 heterocycles. The zero-order chi connectivity index (χ0) is 7.98. The van der Waals surface area contributed by atoms with Gasteiger partial charge in [0.2, 0.25) is 0 Å². The lowest BCUT2D eigenvalue weighted by molar-refractivity contribution is -0.115. The van der Waals surface area contributed by atoms with E-state index in [0.29, 0.717) is 12.2 Å². The fourth-order valence-corrected chi connectivity index (χ4v) is 0.929. The molecule has 0 aliphatic carbocycles. The largest absolute Gasteiger partial charge is 0.295 e. The Balaban J connectivity index is 4.06. The summed E-state index contributed by atoms with van der Waals surface area (Å²) < 4.78 is 0. The SMILES string of the molecule is CC/C=C(/CC)C(=O)CC. The van der Waals surface area contributed by atoms with Crippen LogP contribution in [0.4, 0.5) is 0 Å². The number of carbonyl (C=O) groups is 1. The van der Waals surface area contributed by atoms with Crippen molar-refractivity contribution in [2.75, 3.05) is 0 Å². The van der Waals surface area contributed by atoms with E-state index in [9.17, 15) is 4.79 Å². The molecule has 0 bridgehead atoms. The molecule has 0 aromatic rings. The van der Waals surface area contributed by atoms with Crippen molar-refractivity contribution in [1.82, 2.24) is 0 Å². The summed E-state index contributed by atoms with van der Waals surface area (Å²) in [4.78, 5) is 11.1. The monoisotopic (exact) mass is 140 g/mol. The van der Waals surface area contributed by atoms with E-state index in [4.69, 9.17) is 0 Å². The van der Waals surface area contributed by atoms with E-state index >= 15 is 0 Å². The van der Waals surface area contributed by atoms with E-state index in [1.54, 1.807) is 0 Å². The minimum atomic E-state index is 0.296. The molecule has 0 amide bonds. The van der Waals surface area contributed by atoms with Crippen molar-refractivity contribution in [3.8, 4) is 0 Å². The molecule has 0 saturated heterocycles. The van der Waals surface area contributed by atoms with Crippen molar-refractivity contribution in [3.05, 3.63) is 11.6 Å². The van der Waals surface area contributed by atoms with Crippen molar-refractivity contribution >= 4 is 5.78 Å². The number of allylic oxidation sites excluding steroid dienone is 2. The molecule has 0 N–H and O–H groups in total. The molecule has 0 rings (SSSR count). The Morgan fingerprint density at radius 3 is 2.10 bits per heavy atom. The summed E-state index contributed by atoms with van der Waals surface area (Å²) in [5.74, 6) is 0.296. The maximum atomic E-state index is 11.1. The Morgan fingerprint density at radius 2 is 1.80 bits per heavy atom. The van der Waals surface area contributed by atoms with Gasteiger partial charge in [-0.2, -0.15) is 0 Å². The molecule has 1 heteroatoms. The van der Waals surface area contributed by atoms with Crippen LogP contribution in [0.15, 0.2) is 11.6 Å². The van der Waals surface area contributed by atoms with E-state index in [-0.39, 0.29) is 0 Å². The molecular weight excluding hydrogens is 124 g/mol. The van der Waals surface area contributed by atoms with Gasteiger partial charge in [-0.1, -0.05) is 26.8 Å². The van der Waals surface area contributed by atoms with E-state index in [1.165, 1.54) is 0 Å². The Morgan fingerprint density at radius 1 is 1.20 bits per heavy atom. The third kappa shape index (κ3) is 2.81. The molecule has 10 heavy (non-hydrogen) atoms. The number of Topliss-reactive ketones (excluding diaryl/α,β-unsaturated/α-hetero) is 1. The highest BCUT2D eigenvalue weighted by Gasteiger charge is 2.01. The molecule has 0 aliphatic rings. The van der Waals surface area contributed by atoms with Crippen molar-refractivity contribution in [3.63, 3.8) is 0 Å². The van der Waals surface area contributed by atoms with Gasteiger partial charge in [0.25, 0.3) is 0 Å². The Bertz CT molecular complexity index is 134. The number of rotatable bonds is 4. The average Bonchev–Trinajstić information content (AvgIpc) is 1.99. The van der Waals surface area contributed by atoms with Crippen LogP contribution in [0.3, 0.4) is 0 Å². The number of ketones is 1. The molecule has 0 spiro atoms. The molecule has 0 aromatic heterocycles. The fraction of sp³-hybridized carbons (Fsp3) is 0.667. The first-order chi connectivity index (χ1) is 4.76. The normalized spacial score (nSPS) is 11.7. The number of hydrogen-bond acceptors (Lipinski definition) is 1. The average molecular weight is 140 g/mol. The fourth-order valence-electron chi connectivity index (χ4n) is 0.929. The Labute approximate surface area is 63.1 Å². The van der Waals surface area contributed by atoms with Gasteiger partial charge in [-0.05, 0) is 18.4 Å². The molecule has 58 valence electrons. The van der Waals surface area contributed by atoms with E-state index in [0.717, 1.165) is 18.4 Å². The lowest BCUT2D eigenvalue weighted by Crippen LogP contribution is -1.98. The minimum Gasteiger partial charge on any atom is -0.295 e. The summed E-state index contributed by atoms with van der Waals surface area (Å²) in [6.45, 7) is 5.98. The molecule has 0 fully saturated rings. The van der Waals surface area contributed by atoms with Crippen LogP contribution in [0.25, 0.3) is 0 Å². The zero-order valence-corrected chi connectivity index (χ0v) is 7.11. The standard InChI is InChI=1S/C9H16O/c1-4-7-8(5-2)9(10)6-3/h7H,4-6H2,1-3H3/b8-7-. The predicted octanol–water partition coefficient (Wildman–Crippen LogP) is 2.71.